The van der Waals surface area contributed by atoms with Gasteiger partial charge in [0.1, 0.15) is 0 Å². The molecular weight excluding hydrogens is 98.1 g/mol. The molecule has 1 saturated carbocycles. The fraction of sp³-hybridized carbons (Fsp3) is 0.714. The maximum atomic E-state index is 5.55. The Labute approximate surface area is 50.6 Å². The van der Waals surface area contributed by atoms with Gasteiger partial charge < -0.3 is 5.73 Å². The molecule has 8 heavy (non-hydrogen) atoms. The largest absolute Gasteiger partial charge is 0.402 e. The van der Waals surface area contributed by atoms with Crippen LogP contribution >= 0.6 is 0 Å². The van der Waals surface area contributed by atoms with Crippen molar-refractivity contribution < 1.29 is 0 Å². The summed E-state index contributed by atoms with van der Waals surface area (Å²) >= 11 is 0. The Morgan fingerprint density at radius 1 is 1.75 bits per heavy atom. The third-order valence-corrected chi connectivity index (χ3v) is 2.21. The summed E-state index contributed by atoms with van der Waals surface area (Å²) in [4.78, 5) is 0. The number of nitrogens with two attached hydrogens (primary N) is 1. The van der Waals surface area contributed by atoms with Crippen LogP contribution in [0.15, 0.2) is 12.3 Å². The first-order valence-corrected chi connectivity index (χ1v) is 3.16. The number of allylic oxidation sites excluding steroid dienone is 1. The topological polar surface area (TPSA) is 26.0 Å². The summed E-state index contributed by atoms with van der Waals surface area (Å²) < 4.78 is 0. The van der Waals surface area contributed by atoms with E-state index in [9.17, 15) is 0 Å². The molecule has 0 amide bonds. The minimum Gasteiger partial charge on any atom is -0.402 e. The SMILES string of the molecule is C=C(N)C1(CC)CC1. The zero-order valence-electron chi connectivity index (χ0n) is 5.41. The van der Waals surface area contributed by atoms with Crippen LogP contribution in [0, 0.1) is 5.41 Å². The average Bonchev–Trinajstić information content (AvgIpc) is 2.44. The second kappa shape index (κ2) is 1.51. The fourth-order valence-corrected chi connectivity index (χ4v) is 1.05. The molecule has 0 heterocycles. The van der Waals surface area contributed by atoms with Crippen molar-refractivity contribution in [2.45, 2.75) is 26.2 Å². The summed E-state index contributed by atoms with van der Waals surface area (Å²) in [6.07, 6.45) is 3.69. The Kier molecular flexibility index (Phi) is 1.07. The van der Waals surface area contributed by atoms with Crippen LogP contribution < -0.4 is 5.73 Å². The predicted molar refractivity (Wildman–Crippen MR) is 35.3 cm³/mol. The Morgan fingerprint density at radius 2 is 2.25 bits per heavy atom. The van der Waals surface area contributed by atoms with Gasteiger partial charge in [0.2, 0.25) is 0 Å². The van der Waals surface area contributed by atoms with Gasteiger partial charge in [0, 0.05) is 11.1 Å². The van der Waals surface area contributed by atoms with E-state index in [4.69, 9.17) is 5.73 Å². The third-order valence-electron chi connectivity index (χ3n) is 2.21. The smallest absolute Gasteiger partial charge is 0.00906 e. The molecule has 0 bridgehead atoms. The summed E-state index contributed by atoms with van der Waals surface area (Å²) in [7, 11) is 0. The molecule has 0 aromatic carbocycles. The van der Waals surface area contributed by atoms with Crippen molar-refractivity contribution in [1.29, 1.82) is 0 Å². The van der Waals surface area contributed by atoms with Gasteiger partial charge in [-0.05, 0) is 19.3 Å². The number of hydrogen-bond acceptors (Lipinski definition) is 1. The number of hydrogen-bond donors (Lipinski definition) is 1. The lowest BCUT2D eigenvalue weighted by molar-refractivity contribution is 0.579. The lowest BCUT2D eigenvalue weighted by Gasteiger charge is -2.09. The lowest BCUT2D eigenvalue weighted by atomic mass is 10.0. The van der Waals surface area contributed by atoms with Crippen molar-refractivity contribution in [2.24, 2.45) is 11.1 Å². The van der Waals surface area contributed by atoms with E-state index in [-0.39, 0.29) is 0 Å². The first-order valence-electron chi connectivity index (χ1n) is 3.16. The molecule has 1 aliphatic rings. The zero-order chi connectivity index (χ0) is 6.20. The van der Waals surface area contributed by atoms with Crippen LogP contribution in [-0.2, 0) is 0 Å². The maximum Gasteiger partial charge on any atom is 0.00906 e. The Hall–Kier alpha value is -0.460. The molecule has 1 aliphatic carbocycles. The van der Waals surface area contributed by atoms with Crippen molar-refractivity contribution in [2.75, 3.05) is 0 Å². The van der Waals surface area contributed by atoms with Gasteiger partial charge >= 0.3 is 0 Å². The quantitative estimate of drug-likeness (QED) is 0.576. The lowest BCUT2D eigenvalue weighted by Crippen LogP contribution is -2.09. The molecule has 0 aromatic heterocycles. The first kappa shape index (κ1) is 5.67. The van der Waals surface area contributed by atoms with Crippen molar-refractivity contribution in [3.05, 3.63) is 12.3 Å². The second-order valence-corrected chi connectivity index (χ2v) is 2.66. The summed E-state index contributed by atoms with van der Waals surface area (Å²) in [6, 6.07) is 0. The standard InChI is InChI=1S/C7H13N/c1-3-7(4-5-7)6(2)8/h2-5,8H2,1H3. The molecule has 0 atom stereocenters. The summed E-state index contributed by atoms with van der Waals surface area (Å²) in [5.41, 5.74) is 6.81. The van der Waals surface area contributed by atoms with Crippen LogP contribution in [0.5, 0.6) is 0 Å². The highest BCUT2D eigenvalue weighted by Crippen LogP contribution is 2.52. The molecule has 0 aromatic rings. The van der Waals surface area contributed by atoms with E-state index in [0.29, 0.717) is 5.41 Å². The van der Waals surface area contributed by atoms with E-state index in [0.717, 1.165) is 5.70 Å². The van der Waals surface area contributed by atoms with E-state index < -0.39 is 0 Å². The van der Waals surface area contributed by atoms with Crippen LogP contribution in [0.4, 0.5) is 0 Å². The minimum absolute atomic E-state index is 0.375. The van der Waals surface area contributed by atoms with Crippen molar-refractivity contribution in [1.82, 2.24) is 0 Å². The monoisotopic (exact) mass is 111 g/mol. The molecule has 0 aliphatic heterocycles. The van der Waals surface area contributed by atoms with Gasteiger partial charge in [0.05, 0.1) is 0 Å². The summed E-state index contributed by atoms with van der Waals surface area (Å²) in [5.74, 6) is 0. The van der Waals surface area contributed by atoms with Gasteiger partial charge in [-0.3, -0.25) is 0 Å². The molecule has 1 rings (SSSR count). The Morgan fingerprint density at radius 3 is 2.25 bits per heavy atom. The Balaban J connectivity index is 2.53. The highest BCUT2D eigenvalue weighted by molar-refractivity contribution is 5.14. The molecule has 1 fully saturated rings. The van der Waals surface area contributed by atoms with E-state index in [2.05, 4.69) is 13.5 Å². The van der Waals surface area contributed by atoms with E-state index in [1.54, 1.807) is 0 Å². The Bertz CT molecular complexity index is 112. The van der Waals surface area contributed by atoms with Crippen molar-refractivity contribution in [3.8, 4) is 0 Å². The third kappa shape index (κ3) is 0.623. The van der Waals surface area contributed by atoms with Crippen LogP contribution in [0.25, 0.3) is 0 Å². The van der Waals surface area contributed by atoms with E-state index >= 15 is 0 Å². The molecule has 1 heteroatoms. The predicted octanol–water partition coefficient (Wildman–Crippen LogP) is 1.65. The first-order chi connectivity index (χ1) is 3.71. The molecular formula is C7H13N. The van der Waals surface area contributed by atoms with Gasteiger partial charge in [-0.25, -0.2) is 0 Å². The average molecular weight is 111 g/mol. The molecule has 0 radical (unpaired) electrons. The van der Waals surface area contributed by atoms with E-state index in [1.807, 2.05) is 0 Å². The van der Waals surface area contributed by atoms with Crippen LogP contribution in [0.2, 0.25) is 0 Å². The molecule has 2 N–H and O–H groups in total. The highest BCUT2D eigenvalue weighted by Gasteiger charge is 2.42. The van der Waals surface area contributed by atoms with Crippen LogP contribution in [0.1, 0.15) is 26.2 Å². The van der Waals surface area contributed by atoms with Crippen molar-refractivity contribution >= 4 is 0 Å². The zero-order valence-corrected chi connectivity index (χ0v) is 5.41. The maximum absolute atomic E-state index is 5.55. The molecule has 1 nitrogen and oxygen atoms in total. The minimum atomic E-state index is 0.375. The normalized spacial score (nSPS) is 22.6. The van der Waals surface area contributed by atoms with Crippen LogP contribution in [0.3, 0.4) is 0 Å². The molecule has 46 valence electrons. The highest BCUT2D eigenvalue weighted by atomic mass is 14.7. The second-order valence-electron chi connectivity index (χ2n) is 2.66. The molecule has 0 spiro atoms. The summed E-state index contributed by atoms with van der Waals surface area (Å²) in [6.45, 7) is 5.91. The van der Waals surface area contributed by atoms with Gasteiger partial charge in [0.25, 0.3) is 0 Å². The van der Waals surface area contributed by atoms with E-state index in [1.165, 1.54) is 19.3 Å². The van der Waals surface area contributed by atoms with Crippen molar-refractivity contribution in [3.63, 3.8) is 0 Å². The van der Waals surface area contributed by atoms with Gasteiger partial charge in [-0.15, -0.1) is 0 Å². The molecule has 0 unspecified atom stereocenters. The summed E-state index contributed by atoms with van der Waals surface area (Å²) in [5, 5.41) is 0. The van der Waals surface area contributed by atoms with Gasteiger partial charge in [-0.1, -0.05) is 13.5 Å². The molecule has 0 saturated heterocycles. The van der Waals surface area contributed by atoms with Gasteiger partial charge in [-0.2, -0.15) is 0 Å². The van der Waals surface area contributed by atoms with Crippen LogP contribution in [-0.4, -0.2) is 0 Å². The fourth-order valence-electron chi connectivity index (χ4n) is 1.05. The number of rotatable bonds is 2. The van der Waals surface area contributed by atoms with Gasteiger partial charge in [0.15, 0.2) is 0 Å².